The van der Waals surface area contributed by atoms with Crippen LogP contribution in [0.4, 0.5) is 4.39 Å². The van der Waals surface area contributed by atoms with E-state index in [0.717, 1.165) is 12.8 Å². The van der Waals surface area contributed by atoms with Crippen LogP contribution in [0.2, 0.25) is 0 Å². The van der Waals surface area contributed by atoms with Crippen molar-refractivity contribution in [1.29, 1.82) is 0 Å². The van der Waals surface area contributed by atoms with Crippen LogP contribution in [-0.2, 0) is 4.79 Å². The lowest BCUT2D eigenvalue weighted by Crippen LogP contribution is -2.33. The lowest BCUT2D eigenvalue weighted by atomic mass is 9.67. The van der Waals surface area contributed by atoms with Crippen LogP contribution in [0, 0.1) is 23.1 Å². The Bertz CT molecular complexity index is 525. The lowest BCUT2D eigenvalue weighted by molar-refractivity contribution is -0.126. The maximum absolute atomic E-state index is 12.9. The topological polar surface area (TPSA) is 34.1 Å². The third-order valence-corrected chi connectivity index (χ3v) is 4.59. The third-order valence-electron chi connectivity index (χ3n) is 4.59. The number of carbonyl (C=O) groups excluding carboxylic acids is 2. The van der Waals surface area contributed by atoms with Crippen molar-refractivity contribution < 1.29 is 14.0 Å². The minimum Gasteiger partial charge on any atom is -0.299 e. The minimum atomic E-state index is -0.354. The number of Topliss-reactive ketones (excluding diaryl/α,β-unsaturated/α-hetero) is 2. The summed E-state index contributed by atoms with van der Waals surface area (Å²) in [5, 5.41) is 0. The second kappa shape index (κ2) is 6.08. The molecule has 114 valence electrons. The Labute approximate surface area is 125 Å². The summed E-state index contributed by atoms with van der Waals surface area (Å²) < 4.78 is 12.9. The van der Waals surface area contributed by atoms with Gasteiger partial charge in [0.05, 0.1) is 0 Å². The molecule has 3 heteroatoms. The van der Waals surface area contributed by atoms with E-state index >= 15 is 0 Å². The monoisotopic (exact) mass is 290 g/mol. The van der Waals surface area contributed by atoms with Gasteiger partial charge in [0.25, 0.3) is 0 Å². The normalized spacial score (nSPS) is 23.1. The van der Waals surface area contributed by atoms with E-state index in [2.05, 4.69) is 20.8 Å². The second-order valence-corrected chi connectivity index (χ2v) is 7.13. The fourth-order valence-electron chi connectivity index (χ4n) is 3.07. The Hall–Kier alpha value is -1.51. The molecule has 0 unspecified atom stereocenters. The molecule has 0 aliphatic heterocycles. The quantitative estimate of drug-likeness (QED) is 0.772. The van der Waals surface area contributed by atoms with Gasteiger partial charge in [-0.3, -0.25) is 9.59 Å². The zero-order valence-electron chi connectivity index (χ0n) is 13.0. The van der Waals surface area contributed by atoms with Crippen molar-refractivity contribution in [2.24, 2.45) is 17.3 Å². The molecule has 2 nitrogen and oxygen atoms in total. The third kappa shape index (κ3) is 3.99. The molecule has 1 aromatic carbocycles. The minimum absolute atomic E-state index is 0.0668. The van der Waals surface area contributed by atoms with Crippen LogP contribution >= 0.6 is 0 Å². The highest BCUT2D eigenvalue weighted by molar-refractivity contribution is 5.99. The van der Waals surface area contributed by atoms with E-state index in [0.29, 0.717) is 17.9 Å². The number of halogens is 1. The molecular weight excluding hydrogens is 267 g/mol. The predicted octanol–water partition coefficient (Wildman–Crippen LogP) is 4.43. The second-order valence-electron chi connectivity index (χ2n) is 7.13. The first kappa shape index (κ1) is 15.9. The van der Waals surface area contributed by atoms with Crippen molar-refractivity contribution in [1.82, 2.24) is 0 Å². The molecule has 1 saturated carbocycles. The van der Waals surface area contributed by atoms with Crippen LogP contribution in [-0.4, -0.2) is 11.6 Å². The summed E-state index contributed by atoms with van der Waals surface area (Å²) in [4.78, 5) is 24.3. The number of carbonyl (C=O) groups is 2. The van der Waals surface area contributed by atoms with E-state index in [1.807, 2.05) is 0 Å². The summed E-state index contributed by atoms with van der Waals surface area (Å²) in [6.07, 6.45) is 2.53. The molecule has 0 aromatic heterocycles. The van der Waals surface area contributed by atoms with Gasteiger partial charge in [-0.2, -0.15) is 0 Å². The van der Waals surface area contributed by atoms with Gasteiger partial charge in [0.2, 0.25) is 0 Å². The predicted molar refractivity (Wildman–Crippen MR) is 80.6 cm³/mol. The molecule has 1 aromatic rings. The average molecular weight is 290 g/mol. The Morgan fingerprint density at radius 3 is 2.43 bits per heavy atom. The molecule has 0 radical (unpaired) electrons. The van der Waals surface area contributed by atoms with Crippen LogP contribution in [0.3, 0.4) is 0 Å². The summed E-state index contributed by atoms with van der Waals surface area (Å²) in [7, 11) is 0. The Morgan fingerprint density at radius 1 is 1.24 bits per heavy atom. The summed E-state index contributed by atoms with van der Waals surface area (Å²) in [5.41, 5.74) is 0.653. The molecule has 1 fully saturated rings. The van der Waals surface area contributed by atoms with E-state index in [4.69, 9.17) is 0 Å². The average Bonchev–Trinajstić information content (AvgIpc) is 2.40. The molecule has 0 spiro atoms. The fraction of sp³-hybridized carbons (Fsp3) is 0.556. The number of rotatable bonds is 3. The Kier molecular flexibility index (Phi) is 4.60. The molecule has 0 heterocycles. The fourth-order valence-corrected chi connectivity index (χ4v) is 3.07. The van der Waals surface area contributed by atoms with Crippen LogP contribution in [0.5, 0.6) is 0 Å². The zero-order valence-corrected chi connectivity index (χ0v) is 13.0. The largest absolute Gasteiger partial charge is 0.299 e. The van der Waals surface area contributed by atoms with Crippen molar-refractivity contribution in [3.8, 4) is 0 Å². The van der Waals surface area contributed by atoms with Gasteiger partial charge < -0.3 is 0 Å². The molecule has 0 bridgehead atoms. The van der Waals surface area contributed by atoms with E-state index in [9.17, 15) is 14.0 Å². The van der Waals surface area contributed by atoms with Gasteiger partial charge in [0.15, 0.2) is 5.78 Å². The van der Waals surface area contributed by atoms with Crippen molar-refractivity contribution in [3.05, 3.63) is 35.6 Å². The van der Waals surface area contributed by atoms with Crippen LogP contribution in [0.25, 0.3) is 0 Å². The van der Waals surface area contributed by atoms with Crippen molar-refractivity contribution in [2.45, 2.75) is 46.5 Å². The molecule has 21 heavy (non-hydrogen) atoms. The molecule has 1 aliphatic rings. The zero-order chi connectivity index (χ0) is 15.6. The molecule has 2 atom stereocenters. The molecule has 0 N–H and O–H groups in total. The molecule has 0 amide bonds. The summed E-state index contributed by atoms with van der Waals surface area (Å²) in [6.45, 7) is 6.56. The van der Waals surface area contributed by atoms with Gasteiger partial charge in [-0.05, 0) is 48.4 Å². The van der Waals surface area contributed by atoms with E-state index in [-0.39, 0.29) is 35.1 Å². The Morgan fingerprint density at radius 2 is 1.86 bits per heavy atom. The van der Waals surface area contributed by atoms with Crippen LogP contribution < -0.4 is 0 Å². The smallest absolute Gasteiger partial charge is 0.163 e. The highest BCUT2D eigenvalue weighted by atomic mass is 19.1. The number of benzene rings is 1. The van der Waals surface area contributed by atoms with E-state index < -0.39 is 0 Å². The first-order valence-corrected chi connectivity index (χ1v) is 7.59. The Balaban J connectivity index is 2.05. The van der Waals surface area contributed by atoms with Gasteiger partial charge in [-0.1, -0.05) is 20.8 Å². The van der Waals surface area contributed by atoms with Gasteiger partial charge in [-0.15, -0.1) is 0 Å². The molecule has 2 rings (SSSR count). The summed E-state index contributed by atoms with van der Waals surface area (Å²) >= 11 is 0. The van der Waals surface area contributed by atoms with Crippen molar-refractivity contribution in [2.75, 3.05) is 0 Å². The maximum atomic E-state index is 12.9. The molecular formula is C18H23FO2. The van der Waals surface area contributed by atoms with Gasteiger partial charge in [0.1, 0.15) is 11.6 Å². The molecule has 0 saturated heterocycles. The molecule has 1 aliphatic carbocycles. The van der Waals surface area contributed by atoms with Gasteiger partial charge >= 0.3 is 0 Å². The maximum Gasteiger partial charge on any atom is 0.163 e. The lowest BCUT2D eigenvalue weighted by Gasteiger charge is -2.36. The SMILES string of the molecule is CC(C)(C)[C@@H]1CCC(=O)[C@H](CC(=O)c2ccc(F)cc2)C1. The highest BCUT2D eigenvalue weighted by Gasteiger charge is 2.35. The number of ketones is 2. The van der Waals surface area contributed by atoms with Gasteiger partial charge in [-0.25, -0.2) is 4.39 Å². The van der Waals surface area contributed by atoms with Crippen LogP contribution in [0.15, 0.2) is 24.3 Å². The summed E-state index contributed by atoms with van der Waals surface area (Å²) in [5.74, 6) is 0.0729. The van der Waals surface area contributed by atoms with Crippen molar-refractivity contribution >= 4 is 11.6 Å². The van der Waals surface area contributed by atoms with Gasteiger partial charge in [0, 0.05) is 24.3 Å². The highest BCUT2D eigenvalue weighted by Crippen LogP contribution is 2.40. The number of hydrogen-bond acceptors (Lipinski definition) is 2. The van der Waals surface area contributed by atoms with E-state index in [1.54, 1.807) is 0 Å². The van der Waals surface area contributed by atoms with Crippen LogP contribution in [0.1, 0.15) is 56.8 Å². The first-order chi connectivity index (χ1) is 9.77. The first-order valence-electron chi connectivity index (χ1n) is 7.59. The van der Waals surface area contributed by atoms with Crippen molar-refractivity contribution in [3.63, 3.8) is 0 Å². The standard InChI is InChI=1S/C18H23FO2/c1-18(2,3)14-6-9-16(20)13(10-14)11-17(21)12-4-7-15(19)8-5-12/h4-5,7-8,13-14H,6,9-11H2,1-3H3/t13-,14+/m0/s1. The van der Waals surface area contributed by atoms with E-state index in [1.165, 1.54) is 24.3 Å². The number of hydrogen-bond donors (Lipinski definition) is 0. The summed E-state index contributed by atoms with van der Waals surface area (Å²) in [6, 6.07) is 5.56.